The summed E-state index contributed by atoms with van der Waals surface area (Å²) in [6, 6.07) is 11.9. The van der Waals surface area contributed by atoms with Gasteiger partial charge >= 0.3 is 5.97 Å². The van der Waals surface area contributed by atoms with Crippen LogP contribution in [-0.2, 0) is 0 Å². The van der Waals surface area contributed by atoms with Crippen molar-refractivity contribution in [1.82, 2.24) is 0 Å². The summed E-state index contributed by atoms with van der Waals surface area (Å²) >= 11 is 0. The molecule has 0 saturated heterocycles. The minimum absolute atomic E-state index is 0.0135. The van der Waals surface area contributed by atoms with E-state index in [9.17, 15) is 9.59 Å². The Morgan fingerprint density at radius 3 is 2.28 bits per heavy atom. The molecule has 18 heavy (non-hydrogen) atoms. The van der Waals surface area contributed by atoms with Gasteiger partial charge in [-0.3, -0.25) is 4.79 Å². The van der Waals surface area contributed by atoms with Gasteiger partial charge in [-0.05, 0) is 23.8 Å². The first-order valence-electron chi connectivity index (χ1n) is 5.27. The Hall–Kier alpha value is -2.62. The van der Waals surface area contributed by atoms with Gasteiger partial charge in [-0.1, -0.05) is 36.4 Å². The lowest BCUT2D eigenvalue weighted by Crippen LogP contribution is -1.94. The van der Waals surface area contributed by atoms with Crippen molar-refractivity contribution in [3.63, 3.8) is 0 Å². The largest absolute Gasteiger partial charge is 0.475 e. The average molecular weight is 242 g/mol. The SMILES string of the molecule is O=C(O)c1ccc(C(=O)/C=C/c2ccccc2)o1. The summed E-state index contributed by atoms with van der Waals surface area (Å²) in [5, 5.41) is 8.66. The van der Waals surface area contributed by atoms with Gasteiger partial charge in [0.25, 0.3) is 0 Å². The van der Waals surface area contributed by atoms with Crippen LogP contribution >= 0.6 is 0 Å². The molecule has 1 heterocycles. The highest BCUT2D eigenvalue weighted by Gasteiger charge is 2.12. The van der Waals surface area contributed by atoms with Gasteiger partial charge in [-0.25, -0.2) is 4.79 Å². The number of allylic oxidation sites excluding steroid dienone is 1. The van der Waals surface area contributed by atoms with Gasteiger partial charge in [0.15, 0.2) is 5.76 Å². The molecule has 0 aliphatic rings. The van der Waals surface area contributed by atoms with Crippen molar-refractivity contribution in [2.45, 2.75) is 0 Å². The third-order valence-electron chi connectivity index (χ3n) is 2.29. The second kappa shape index (κ2) is 5.14. The molecule has 0 unspecified atom stereocenters. The molecule has 1 aromatic heterocycles. The number of furan rings is 1. The zero-order chi connectivity index (χ0) is 13.0. The van der Waals surface area contributed by atoms with Crippen LogP contribution in [0.5, 0.6) is 0 Å². The van der Waals surface area contributed by atoms with Crippen molar-refractivity contribution in [1.29, 1.82) is 0 Å². The lowest BCUT2D eigenvalue weighted by molar-refractivity contribution is 0.0660. The van der Waals surface area contributed by atoms with Crippen LogP contribution in [0.25, 0.3) is 6.08 Å². The van der Waals surface area contributed by atoms with Crippen molar-refractivity contribution in [3.8, 4) is 0 Å². The van der Waals surface area contributed by atoms with E-state index in [4.69, 9.17) is 9.52 Å². The molecule has 0 aliphatic heterocycles. The molecule has 90 valence electrons. The molecule has 0 fully saturated rings. The standard InChI is InChI=1S/C14H10O4/c15-11(7-6-10-4-2-1-3-5-10)12-8-9-13(18-12)14(16)17/h1-9H,(H,16,17)/b7-6+. The second-order valence-corrected chi connectivity index (χ2v) is 3.58. The third-order valence-corrected chi connectivity index (χ3v) is 2.29. The topological polar surface area (TPSA) is 67.5 Å². The summed E-state index contributed by atoms with van der Waals surface area (Å²) in [5.74, 6) is -1.79. The first-order valence-corrected chi connectivity index (χ1v) is 5.27. The summed E-state index contributed by atoms with van der Waals surface area (Å²) in [5.41, 5.74) is 0.885. The minimum Gasteiger partial charge on any atom is -0.475 e. The van der Waals surface area contributed by atoms with E-state index in [0.717, 1.165) is 5.56 Å². The number of carbonyl (C=O) groups excluding carboxylic acids is 1. The summed E-state index contributed by atoms with van der Waals surface area (Å²) in [7, 11) is 0. The Balaban J connectivity index is 2.12. The van der Waals surface area contributed by atoms with Crippen LogP contribution in [0.3, 0.4) is 0 Å². The lowest BCUT2D eigenvalue weighted by Gasteiger charge is -1.91. The Labute approximate surface area is 103 Å². The number of hydrogen-bond donors (Lipinski definition) is 1. The summed E-state index contributed by atoms with van der Waals surface area (Å²) in [6.07, 6.45) is 2.99. The van der Waals surface area contributed by atoms with Crippen LogP contribution in [0.1, 0.15) is 26.7 Å². The third kappa shape index (κ3) is 2.74. The van der Waals surface area contributed by atoms with E-state index >= 15 is 0 Å². The number of aromatic carboxylic acids is 1. The molecule has 0 bridgehead atoms. The average Bonchev–Trinajstić information content (AvgIpc) is 2.87. The van der Waals surface area contributed by atoms with E-state index in [0.29, 0.717) is 0 Å². The van der Waals surface area contributed by atoms with E-state index in [2.05, 4.69) is 0 Å². The van der Waals surface area contributed by atoms with Crippen LogP contribution in [0.15, 0.2) is 53.0 Å². The Bertz CT molecular complexity index is 593. The molecule has 0 atom stereocenters. The van der Waals surface area contributed by atoms with E-state index < -0.39 is 5.97 Å². The molecule has 0 aliphatic carbocycles. The number of ketones is 1. The van der Waals surface area contributed by atoms with E-state index in [1.54, 1.807) is 6.08 Å². The molecule has 1 N–H and O–H groups in total. The smallest absolute Gasteiger partial charge is 0.371 e. The van der Waals surface area contributed by atoms with Crippen molar-refractivity contribution >= 4 is 17.8 Å². The van der Waals surface area contributed by atoms with E-state index in [1.807, 2.05) is 30.3 Å². The second-order valence-electron chi connectivity index (χ2n) is 3.58. The number of carboxylic acid groups (broad SMARTS) is 1. The molecule has 2 rings (SSSR count). The number of carbonyl (C=O) groups is 2. The molecule has 0 saturated carbocycles. The maximum atomic E-state index is 11.7. The number of hydrogen-bond acceptors (Lipinski definition) is 3. The van der Waals surface area contributed by atoms with Gasteiger partial charge < -0.3 is 9.52 Å². The maximum Gasteiger partial charge on any atom is 0.371 e. The highest BCUT2D eigenvalue weighted by Crippen LogP contribution is 2.10. The van der Waals surface area contributed by atoms with Gasteiger partial charge in [-0.15, -0.1) is 0 Å². The zero-order valence-electron chi connectivity index (χ0n) is 9.37. The first-order chi connectivity index (χ1) is 8.66. The maximum absolute atomic E-state index is 11.7. The molecule has 2 aromatic rings. The molecular weight excluding hydrogens is 232 g/mol. The fourth-order valence-electron chi connectivity index (χ4n) is 1.40. The normalized spacial score (nSPS) is 10.7. The van der Waals surface area contributed by atoms with Crippen LogP contribution in [-0.4, -0.2) is 16.9 Å². The van der Waals surface area contributed by atoms with Crippen LogP contribution < -0.4 is 0 Å². The summed E-state index contributed by atoms with van der Waals surface area (Å²) < 4.78 is 4.89. The van der Waals surface area contributed by atoms with Crippen molar-refractivity contribution in [3.05, 3.63) is 65.6 Å². The predicted molar refractivity (Wildman–Crippen MR) is 65.5 cm³/mol. The van der Waals surface area contributed by atoms with Gasteiger partial charge in [0.2, 0.25) is 11.5 Å². The molecule has 0 amide bonds. The van der Waals surface area contributed by atoms with Crippen molar-refractivity contribution in [2.24, 2.45) is 0 Å². The first kappa shape index (κ1) is 11.9. The fourth-order valence-corrected chi connectivity index (χ4v) is 1.40. The predicted octanol–water partition coefficient (Wildman–Crippen LogP) is 2.87. The van der Waals surface area contributed by atoms with Crippen LogP contribution in [0.2, 0.25) is 0 Å². The van der Waals surface area contributed by atoms with Crippen LogP contribution in [0, 0.1) is 0 Å². The molecule has 4 nitrogen and oxygen atoms in total. The minimum atomic E-state index is -1.19. The van der Waals surface area contributed by atoms with Crippen molar-refractivity contribution < 1.29 is 19.1 Å². The Kier molecular flexibility index (Phi) is 3.38. The number of carboxylic acids is 1. The quantitative estimate of drug-likeness (QED) is 0.661. The zero-order valence-corrected chi connectivity index (χ0v) is 9.37. The van der Waals surface area contributed by atoms with E-state index in [1.165, 1.54) is 18.2 Å². The van der Waals surface area contributed by atoms with Gasteiger partial charge in [0.05, 0.1) is 0 Å². The molecule has 0 radical (unpaired) electrons. The number of rotatable bonds is 4. The molecule has 0 spiro atoms. The van der Waals surface area contributed by atoms with Gasteiger partial charge in [0, 0.05) is 0 Å². The van der Waals surface area contributed by atoms with Gasteiger partial charge in [-0.2, -0.15) is 0 Å². The number of benzene rings is 1. The highest BCUT2D eigenvalue weighted by molar-refractivity contribution is 6.05. The van der Waals surface area contributed by atoms with E-state index in [-0.39, 0.29) is 17.3 Å². The Morgan fingerprint density at radius 2 is 1.67 bits per heavy atom. The molecule has 1 aromatic carbocycles. The summed E-state index contributed by atoms with van der Waals surface area (Å²) in [6.45, 7) is 0. The summed E-state index contributed by atoms with van der Waals surface area (Å²) in [4.78, 5) is 22.3. The van der Waals surface area contributed by atoms with Crippen LogP contribution in [0.4, 0.5) is 0 Å². The fraction of sp³-hybridized carbons (Fsp3) is 0. The monoisotopic (exact) mass is 242 g/mol. The lowest BCUT2D eigenvalue weighted by atomic mass is 10.2. The molecular formula is C14H10O4. The van der Waals surface area contributed by atoms with Crippen molar-refractivity contribution in [2.75, 3.05) is 0 Å². The van der Waals surface area contributed by atoms with Gasteiger partial charge in [0.1, 0.15) is 0 Å². The Morgan fingerprint density at radius 1 is 1.00 bits per heavy atom. The highest BCUT2D eigenvalue weighted by atomic mass is 16.4. The molecule has 4 heteroatoms.